The number of hydrogen-bond donors (Lipinski definition) is 1. The van der Waals surface area contributed by atoms with Gasteiger partial charge in [0.2, 0.25) is 0 Å². The molecule has 0 heterocycles. The van der Waals surface area contributed by atoms with Crippen molar-refractivity contribution < 1.29 is 4.74 Å². The van der Waals surface area contributed by atoms with E-state index in [0.29, 0.717) is 6.04 Å². The molecule has 2 nitrogen and oxygen atoms in total. The average Bonchev–Trinajstić information content (AvgIpc) is 2.24. The summed E-state index contributed by atoms with van der Waals surface area (Å²) in [5.74, 6) is 0. The summed E-state index contributed by atoms with van der Waals surface area (Å²) in [6.07, 6.45) is 0. The van der Waals surface area contributed by atoms with E-state index in [0.717, 1.165) is 24.8 Å². The highest BCUT2D eigenvalue weighted by Gasteiger charge is 2.03. The smallest absolute Gasteiger partial charge is 0.0590 e. The number of halogens is 1. The highest BCUT2D eigenvalue weighted by molar-refractivity contribution is 6.30. The lowest BCUT2D eigenvalue weighted by Crippen LogP contribution is -2.23. The summed E-state index contributed by atoms with van der Waals surface area (Å²) >= 11 is 5.92. The maximum Gasteiger partial charge on any atom is 0.0590 e. The Morgan fingerprint density at radius 1 is 1.47 bits per heavy atom. The molecule has 0 radical (unpaired) electrons. The van der Waals surface area contributed by atoms with Crippen molar-refractivity contribution in [2.24, 2.45) is 0 Å². The van der Waals surface area contributed by atoms with Crippen LogP contribution in [0.5, 0.6) is 0 Å². The van der Waals surface area contributed by atoms with Crippen LogP contribution in [0.4, 0.5) is 0 Å². The van der Waals surface area contributed by atoms with Crippen LogP contribution in [0.3, 0.4) is 0 Å². The molecule has 0 spiro atoms. The second kappa shape index (κ2) is 6.83. The highest BCUT2D eigenvalue weighted by Crippen LogP contribution is 2.16. The highest BCUT2D eigenvalue weighted by atomic mass is 35.5. The molecular formula is C12H18ClNO. The van der Waals surface area contributed by atoms with Gasteiger partial charge in [-0.05, 0) is 31.5 Å². The summed E-state index contributed by atoms with van der Waals surface area (Å²) in [5, 5.41) is 4.16. The van der Waals surface area contributed by atoms with Crippen molar-refractivity contribution in [1.29, 1.82) is 0 Å². The predicted octanol–water partition coefficient (Wildman–Crippen LogP) is 3.03. The number of benzene rings is 1. The maximum absolute atomic E-state index is 5.92. The van der Waals surface area contributed by atoms with Gasteiger partial charge in [0, 0.05) is 24.2 Å². The number of hydrogen-bond acceptors (Lipinski definition) is 2. The first-order valence-electron chi connectivity index (χ1n) is 5.30. The van der Waals surface area contributed by atoms with Gasteiger partial charge in [0.25, 0.3) is 0 Å². The van der Waals surface area contributed by atoms with Crippen LogP contribution < -0.4 is 5.32 Å². The second-order valence-corrected chi connectivity index (χ2v) is 3.86. The summed E-state index contributed by atoms with van der Waals surface area (Å²) in [6.45, 7) is 6.51. The lowest BCUT2D eigenvalue weighted by molar-refractivity contribution is 0.147. The molecule has 1 N–H and O–H groups in total. The van der Waals surface area contributed by atoms with Crippen LogP contribution >= 0.6 is 11.6 Å². The molecule has 0 amide bonds. The van der Waals surface area contributed by atoms with Gasteiger partial charge < -0.3 is 10.1 Å². The van der Waals surface area contributed by atoms with Gasteiger partial charge in [0.05, 0.1) is 6.61 Å². The van der Waals surface area contributed by atoms with Crippen LogP contribution in [0.15, 0.2) is 24.3 Å². The zero-order valence-corrected chi connectivity index (χ0v) is 10.1. The summed E-state index contributed by atoms with van der Waals surface area (Å²) < 4.78 is 5.25. The lowest BCUT2D eigenvalue weighted by atomic mass is 10.1. The van der Waals surface area contributed by atoms with Crippen LogP contribution in [-0.4, -0.2) is 19.8 Å². The van der Waals surface area contributed by atoms with Gasteiger partial charge in [-0.1, -0.05) is 23.7 Å². The van der Waals surface area contributed by atoms with E-state index in [1.54, 1.807) is 0 Å². The standard InChI is InChI=1S/C12H18ClNO/c1-3-15-8-7-14-10(2)11-5-4-6-12(13)9-11/h4-6,9-10,14H,3,7-8H2,1-2H3. The maximum atomic E-state index is 5.92. The van der Waals surface area contributed by atoms with Gasteiger partial charge >= 0.3 is 0 Å². The molecule has 1 aromatic rings. The molecule has 0 aliphatic rings. The summed E-state index contributed by atoms with van der Waals surface area (Å²) in [4.78, 5) is 0. The molecule has 0 aliphatic heterocycles. The molecule has 0 saturated heterocycles. The molecule has 1 unspecified atom stereocenters. The Kier molecular flexibility index (Phi) is 5.69. The zero-order chi connectivity index (χ0) is 11.1. The van der Waals surface area contributed by atoms with Gasteiger partial charge in [0.1, 0.15) is 0 Å². The molecule has 1 rings (SSSR count). The van der Waals surface area contributed by atoms with Crippen molar-refractivity contribution in [3.05, 3.63) is 34.9 Å². The van der Waals surface area contributed by atoms with Crippen molar-refractivity contribution in [2.45, 2.75) is 19.9 Å². The quantitative estimate of drug-likeness (QED) is 0.755. The largest absolute Gasteiger partial charge is 0.380 e. The van der Waals surface area contributed by atoms with Crippen molar-refractivity contribution in [1.82, 2.24) is 5.32 Å². The summed E-state index contributed by atoms with van der Waals surface area (Å²) in [6, 6.07) is 8.23. The Morgan fingerprint density at radius 2 is 2.27 bits per heavy atom. The van der Waals surface area contributed by atoms with Crippen molar-refractivity contribution in [2.75, 3.05) is 19.8 Å². The number of ether oxygens (including phenoxy) is 1. The van der Waals surface area contributed by atoms with Crippen molar-refractivity contribution >= 4 is 11.6 Å². The van der Waals surface area contributed by atoms with E-state index in [1.807, 2.05) is 25.1 Å². The van der Waals surface area contributed by atoms with Gasteiger partial charge in [-0.15, -0.1) is 0 Å². The van der Waals surface area contributed by atoms with Crippen LogP contribution in [-0.2, 0) is 4.74 Å². The van der Waals surface area contributed by atoms with Crippen LogP contribution in [0.25, 0.3) is 0 Å². The van der Waals surface area contributed by atoms with Crippen molar-refractivity contribution in [3.8, 4) is 0 Å². The molecule has 1 atom stereocenters. The molecule has 0 bridgehead atoms. The Hall–Kier alpha value is -0.570. The minimum Gasteiger partial charge on any atom is -0.380 e. The van der Waals surface area contributed by atoms with E-state index in [2.05, 4.69) is 18.3 Å². The molecule has 0 fully saturated rings. The summed E-state index contributed by atoms with van der Waals surface area (Å²) in [7, 11) is 0. The SMILES string of the molecule is CCOCCNC(C)c1cccc(Cl)c1. The van der Waals surface area contributed by atoms with Gasteiger partial charge in [0.15, 0.2) is 0 Å². The first-order valence-corrected chi connectivity index (χ1v) is 5.68. The Labute approximate surface area is 96.6 Å². The molecule has 0 saturated carbocycles. The van der Waals surface area contributed by atoms with E-state index in [9.17, 15) is 0 Å². The molecule has 84 valence electrons. The Bertz CT molecular complexity index is 291. The summed E-state index contributed by atoms with van der Waals surface area (Å²) in [5.41, 5.74) is 1.21. The zero-order valence-electron chi connectivity index (χ0n) is 9.29. The van der Waals surface area contributed by atoms with Gasteiger partial charge in [-0.3, -0.25) is 0 Å². The van der Waals surface area contributed by atoms with E-state index in [-0.39, 0.29) is 0 Å². The van der Waals surface area contributed by atoms with E-state index in [4.69, 9.17) is 16.3 Å². The lowest BCUT2D eigenvalue weighted by Gasteiger charge is -2.14. The molecule has 0 aliphatic carbocycles. The minimum absolute atomic E-state index is 0.309. The van der Waals surface area contributed by atoms with E-state index >= 15 is 0 Å². The fraction of sp³-hybridized carbons (Fsp3) is 0.500. The Balaban J connectivity index is 2.36. The molecule has 1 aromatic carbocycles. The minimum atomic E-state index is 0.309. The van der Waals surface area contributed by atoms with Gasteiger partial charge in [-0.25, -0.2) is 0 Å². The van der Waals surface area contributed by atoms with Crippen LogP contribution in [0, 0.1) is 0 Å². The predicted molar refractivity (Wildman–Crippen MR) is 64.4 cm³/mol. The van der Waals surface area contributed by atoms with Crippen molar-refractivity contribution in [3.63, 3.8) is 0 Å². The van der Waals surface area contributed by atoms with E-state index in [1.165, 1.54) is 5.56 Å². The molecule has 3 heteroatoms. The first kappa shape index (κ1) is 12.5. The number of rotatable bonds is 6. The van der Waals surface area contributed by atoms with Gasteiger partial charge in [-0.2, -0.15) is 0 Å². The normalized spacial score (nSPS) is 12.7. The monoisotopic (exact) mass is 227 g/mol. The number of nitrogens with one attached hydrogen (secondary N) is 1. The third kappa shape index (κ3) is 4.65. The topological polar surface area (TPSA) is 21.3 Å². The molecule has 0 aromatic heterocycles. The second-order valence-electron chi connectivity index (χ2n) is 3.43. The van der Waals surface area contributed by atoms with Crippen LogP contribution in [0.1, 0.15) is 25.5 Å². The fourth-order valence-corrected chi connectivity index (χ4v) is 1.58. The third-order valence-electron chi connectivity index (χ3n) is 2.25. The first-order chi connectivity index (χ1) is 7.24. The molecular weight excluding hydrogens is 210 g/mol. The third-order valence-corrected chi connectivity index (χ3v) is 2.48. The Morgan fingerprint density at radius 3 is 2.93 bits per heavy atom. The van der Waals surface area contributed by atoms with E-state index < -0.39 is 0 Å². The average molecular weight is 228 g/mol. The van der Waals surface area contributed by atoms with Crippen LogP contribution in [0.2, 0.25) is 5.02 Å². The molecule has 15 heavy (non-hydrogen) atoms. The fourth-order valence-electron chi connectivity index (χ4n) is 1.39.